The molecule has 0 aromatic heterocycles. The van der Waals surface area contributed by atoms with Crippen LogP contribution < -0.4 is 0 Å². The Labute approximate surface area is 198 Å². The van der Waals surface area contributed by atoms with Crippen LogP contribution in [0.3, 0.4) is 0 Å². The molecule has 0 amide bonds. The number of hydrogen-bond donors (Lipinski definition) is 5. The summed E-state index contributed by atoms with van der Waals surface area (Å²) in [7, 11) is 3.99. The normalized spacial score (nSPS) is 16.1. The molecule has 0 heterocycles. The van der Waals surface area contributed by atoms with E-state index >= 15 is 0 Å². The van der Waals surface area contributed by atoms with Gasteiger partial charge in [0.1, 0.15) is 31.0 Å². The highest BCUT2D eigenvalue weighted by Gasteiger charge is 2.33. The third-order valence-corrected chi connectivity index (χ3v) is 6.62. The number of aliphatic hydroxyl groups excluding tert-OH is 5. The lowest BCUT2D eigenvalue weighted by atomic mass is 10.0. The topological polar surface area (TPSA) is 101 Å². The van der Waals surface area contributed by atoms with Crippen LogP contribution in [-0.2, 0) is 0 Å². The number of likely N-dealkylation sites (N-methyl/N-ethyl adjacent to an activating group) is 1. The second kappa shape index (κ2) is 20.2. The molecule has 0 aromatic carbocycles. The second-order valence-electron chi connectivity index (χ2n) is 10.4. The van der Waals surface area contributed by atoms with E-state index < -0.39 is 31.0 Å². The molecule has 0 aliphatic heterocycles. The Morgan fingerprint density at radius 1 is 0.531 bits per heavy atom. The Bertz CT molecular complexity index is 408. The Kier molecular flexibility index (Phi) is 20.0. The number of nitrogens with zero attached hydrogens (tertiary/aromatic N) is 1. The van der Waals surface area contributed by atoms with Gasteiger partial charge >= 0.3 is 0 Å². The van der Waals surface area contributed by atoms with Crippen molar-refractivity contribution in [2.24, 2.45) is 0 Å². The van der Waals surface area contributed by atoms with Crippen molar-refractivity contribution in [2.75, 3.05) is 33.8 Å². The predicted molar refractivity (Wildman–Crippen MR) is 133 cm³/mol. The van der Waals surface area contributed by atoms with Crippen LogP contribution in [0.1, 0.15) is 110 Å². The van der Waals surface area contributed by atoms with Gasteiger partial charge in [-0.3, -0.25) is 0 Å². The summed E-state index contributed by atoms with van der Waals surface area (Å²) in [5.41, 5.74) is 0. The van der Waals surface area contributed by atoms with E-state index in [9.17, 15) is 20.4 Å². The third-order valence-electron chi connectivity index (χ3n) is 6.62. The lowest BCUT2D eigenvalue weighted by Crippen LogP contribution is -2.54. The maximum absolute atomic E-state index is 10.2. The Morgan fingerprint density at radius 3 is 1.25 bits per heavy atom. The molecule has 32 heavy (non-hydrogen) atoms. The van der Waals surface area contributed by atoms with Crippen LogP contribution in [0.5, 0.6) is 0 Å². The third kappa shape index (κ3) is 17.3. The molecule has 0 bridgehead atoms. The fraction of sp³-hybridized carbons (Fsp3) is 1.00. The van der Waals surface area contributed by atoms with E-state index in [1.54, 1.807) is 0 Å². The van der Waals surface area contributed by atoms with E-state index in [2.05, 4.69) is 6.92 Å². The Balaban J connectivity index is 3.61. The van der Waals surface area contributed by atoms with Crippen molar-refractivity contribution >= 4 is 0 Å². The summed E-state index contributed by atoms with van der Waals surface area (Å²) in [5.74, 6) is 0. The molecule has 0 saturated heterocycles. The molecule has 4 atom stereocenters. The fourth-order valence-electron chi connectivity index (χ4n) is 4.36. The van der Waals surface area contributed by atoms with Gasteiger partial charge in [-0.05, 0) is 12.8 Å². The minimum Gasteiger partial charge on any atom is -0.394 e. The van der Waals surface area contributed by atoms with Crippen LogP contribution in [0.15, 0.2) is 0 Å². The summed E-state index contributed by atoms with van der Waals surface area (Å²) >= 11 is 0. The van der Waals surface area contributed by atoms with Gasteiger partial charge in [-0.2, -0.15) is 0 Å². The second-order valence-corrected chi connectivity index (χ2v) is 10.4. The SMILES string of the molecule is CCCCCCCCCCCCCCCCCC[N+](C)(C)CC(O)C(O)C(O)C(O)CO. The van der Waals surface area contributed by atoms with Crippen LogP contribution in [0.2, 0.25) is 0 Å². The van der Waals surface area contributed by atoms with Crippen molar-refractivity contribution in [1.29, 1.82) is 0 Å². The summed E-state index contributed by atoms with van der Waals surface area (Å²) in [6.45, 7) is 2.80. The summed E-state index contributed by atoms with van der Waals surface area (Å²) in [5, 5.41) is 48.2. The molecular weight excluding hydrogens is 406 g/mol. The molecule has 0 radical (unpaired) electrons. The molecule has 0 fully saturated rings. The molecule has 0 aliphatic rings. The van der Waals surface area contributed by atoms with Gasteiger partial charge in [0, 0.05) is 0 Å². The average Bonchev–Trinajstić information content (AvgIpc) is 2.76. The van der Waals surface area contributed by atoms with Crippen molar-refractivity contribution in [1.82, 2.24) is 0 Å². The molecule has 0 spiro atoms. The highest BCUT2D eigenvalue weighted by molar-refractivity contribution is 4.80. The summed E-state index contributed by atoms with van der Waals surface area (Å²) in [6, 6.07) is 0. The molecular formula is C26H56NO5+. The zero-order chi connectivity index (χ0) is 24.2. The van der Waals surface area contributed by atoms with Crippen molar-refractivity contribution in [3.63, 3.8) is 0 Å². The molecule has 5 N–H and O–H groups in total. The number of unbranched alkanes of at least 4 members (excludes halogenated alkanes) is 15. The Morgan fingerprint density at radius 2 is 0.875 bits per heavy atom. The average molecular weight is 463 g/mol. The first kappa shape index (κ1) is 31.8. The summed E-state index contributed by atoms with van der Waals surface area (Å²) < 4.78 is 0.540. The van der Waals surface area contributed by atoms with E-state index in [0.29, 0.717) is 4.48 Å². The highest BCUT2D eigenvalue weighted by atomic mass is 16.4. The molecule has 0 rings (SSSR count). The molecule has 194 valence electrons. The first-order valence-corrected chi connectivity index (χ1v) is 13.4. The van der Waals surface area contributed by atoms with Crippen LogP contribution in [-0.4, -0.2) is 88.2 Å². The maximum Gasteiger partial charge on any atom is 0.131 e. The van der Waals surface area contributed by atoms with Crippen LogP contribution in [0.25, 0.3) is 0 Å². The lowest BCUT2D eigenvalue weighted by molar-refractivity contribution is -0.894. The van der Waals surface area contributed by atoms with Crippen molar-refractivity contribution in [3.8, 4) is 0 Å². The highest BCUT2D eigenvalue weighted by Crippen LogP contribution is 2.15. The van der Waals surface area contributed by atoms with E-state index in [0.717, 1.165) is 13.0 Å². The number of quaternary nitrogens is 1. The van der Waals surface area contributed by atoms with Gasteiger partial charge in [0.15, 0.2) is 0 Å². The summed E-state index contributed by atoms with van der Waals surface area (Å²) in [6.07, 6.45) is 15.8. The first-order chi connectivity index (χ1) is 15.2. The van der Waals surface area contributed by atoms with Gasteiger partial charge in [0.2, 0.25) is 0 Å². The van der Waals surface area contributed by atoms with Crippen molar-refractivity contribution in [2.45, 2.75) is 134 Å². The molecule has 0 aromatic rings. The van der Waals surface area contributed by atoms with Gasteiger partial charge < -0.3 is 30.0 Å². The predicted octanol–water partition coefficient (Wildman–Crippen LogP) is 3.76. The minimum absolute atomic E-state index is 0.287. The van der Waals surface area contributed by atoms with E-state index in [1.165, 1.54) is 96.3 Å². The first-order valence-electron chi connectivity index (χ1n) is 13.4. The maximum atomic E-state index is 10.2. The summed E-state index contributed by atoms with van der Waals surface area (Å²) in [4.78, 5) is 0. The quantitative estimate of drug-likeness (QED) is 0.118. The minimum atomic E-state index is -1.55. The zero-order valence-corrected chi connectivity index (χ0v) is 21.4. The molecule has 6 nitrogen and oxygen atoms in total. The largest absolute Gasteiger partial charge is 0.394 e. The Hall–Kier alpha value is -0.240. The van der Waals surface area contributed by atoms with Gasteiger partial charge in [-0.1, -0.05) is 96.8 Å². The molecule has 4 unspecified atom stereocenters. The van der Waals surface area contributed by atoms with Gasteiger partial charge in [-0.15, -0.1) is 0 Å². The van der Waals surface area contributed by atoms with E-state index in [1.807, 2.05) is 14.1 Å². The number of aliphatic hydroxyl groups is 5. The van der Waals surface area contributed by atoms with Gasteiger partial charge in [0.05, 0.1) is 27.2 Å². The smallest absolute Gasteiger partial charge is 0.131 e. The fourth-order valence-corrected chi connectivity index (χ4v) is 4.36. The number of rotatable bonds is 23. The molecule has 6 heteroatoms. The number of hydrogen-bond acceptors (Lipinski definition) is 5. The van der Waals surface area contributed by atoms with E-state index in [4.69, 9.17) is 5.11 Å². The van der Waals surface area contributed by atoms with Crippen molar-refractivity contribution < 1.29 is 30.0 Å². The van der Waals surface area contributed by atoms with Crippen LogP contribution in [0.4, 0.5) is 0 Å². The van der Waals surface area contributed by atoms with Crippen LogP contribution >= 0.6 is 0 Å². The standard InChI is InChI=1S/C26H56NO5/c1-4-5-6-7-8-9-10-11-12-13-14-15-16-17-18-19-20-27(2,3)21-23(29)25(31)26(32)24(30)22-28/h23-26,28-32H,4-22H2,1-3H3/q+1. The zero-order valence-electron chi connectivity index (χ0n) is 21.4. The lowest BCUT2D eigenvalue weighted by Gasteiger charge is -2.34. The molecule has 0 aliphatic carbocycles. The van der Waals surface area contributed by atoms with Gasteiger partial charge in [-0.25, -0.2) is 0 Å². The van der Waals surface area contributed by atoms with E-state index in [-0.39, 0.29) is 6.54 Å². The van der Waals surface area contributed by atoms with Gasteiger partial charge in [0.25, 0.3) is 0 Å². The monoisotopic (exact) mass is 462 g/mol. The molecule has 0 saturated carbocycles. The van der Waals surface area contributed by atoms with Crippen LogP contribution in [0, 0.1) is 0 Å². The van der Waals surface area contributed by atoms with Crippen molar-refractivity contribution in [3.05, 3.63) is 0 Å².